The highest BCUT2D eigenvalue weighted by Crippen LogP contribution is 2.25. The fraction of sp³-hybridized carbons (Fsp3) is 0.375. The smallest absolute Gasteiger partial charge is 0.310 e. The molecule has 1 aromatic heterocycles. The zero-order valence-electron chi connectivity index (χ0n) is 7.75. The molecule has 2 rings (SSSR count). The molecule has 1 aliphatic heterocycles. The Labute approximate surface area is 78.6 Å². The summed E-state index contributed by atoms with van der Waals surface area (Å²) in [6.07, 6.45) is 0. The van der Waals surface area contributed by atoms with Crippen LogP contribution in [0.3, 0.4) is 0 Å². The van der Waals surface area contributed by atoms with Crippen LogP contribution in [0.1, 0.15) is 13.8 Å². The highest BCUT2D eigenvalue weighted by Gasteiger charge is 2.39. The second kappa shape index (κ2) is 2.34. The van der Waals surface area contributed by atoms with E-state index >= 15 is 0 Å². The minimum atomic E-state index is -0.948. The molecular weight excluding hydrogens is 186 g/mol. The van der Waals surface area contributed by atoms with E-state index in [1.54, 1.807) is 13.8 Å². The Morgan fingerprint density at radius 1 is 1.29 bits per heavy atom. The summed E-state index contributed by atoms with van der Waals surface area (Å²) in [6, 6.07) is 1.19. The number of nitrogens with one attached hydrogen (secondary N) is 2. The van der Waals surface area contributed by atoms with Gasteiger partial charge in [0.1, 0.15) is 11.4 Å². The van der Waals surface area contributed by atoms with Crippen LogP contribution in [-0.2, 0) is 10.3 Å². The Bertz CT molecular complexity index is 523. The average Bonchev–Trinajstić information content (AvgIpc) is 2.21. The summed E-state index contributed by atoms with van der Waals surface area (Å²) in [5, 5.41) is 2.47. The molecule has 0 atom stereocenters. The van der Waals surface area contributed by atoms with E-state index in [9.17, 15) is 14.4 Å². The second-order valence-corrected chi connectivity index (χ2v) is 3.67. The molecule has 0 spiro atoms. The van der Waals surface area contributed by atoms with Gasteiger partial charge in [0.15, 0.2) is 0 Å². The van der Waals surface area contributed by atoms with Crippen LogP contribution in [0.5, 0.6) is 0 Å². The van der Waals surface area contributed by atoms with E-state index in [4.69, 9.17) is 0 Å². The van der Waals surface area contributed by atoms with Crippen molar-refractivity contribution in [3.63, 3.8) is 0 Å². The third kappa shape index (κ3) is 0.935. The van der Waals surface area contributed by atoms with E-state index in [-0.39, 0.29) is 11.7 Å². The highest BCUT2D eigenvalue weighted by atomic mass is 16.2. The fourth-order valence-corrected chi connectivity index (χ4v) is 1.51. The molecule has 6 heteroatoms. The fourth-order valence-electron chi connectivity index (χ4n) is 1.51. The first-order valence-electron chi connectivity index (χ1n) is 4.11. The Morgan fingerprint density at radius 2 is 1.93 bits per heavy atom. The lowest BCUT2D eigenvalue weighted by Crippen LogP contribution is -2.40. The largest absolute Gasteiger partial charge is 0.330 e. The zero-order valence-corrected chi connectivity index (χ0v) is 7.75. The first-order valence-corrected chi connectivity index (χ1v) is 4.11. The molecule has 1 amide bonds. The van der Waals surface area contributed by atoms with Crippen molar-refractivity contribution in [3.8, 4) is 0 Å². The SMILES string of the molecule is CC1(C)C(=O)Nc2cc(=O)[nH]c(=O)n21. The van der Waals surface area contributed by atoms with Gasteiger partial charge in [-0.2, -0.15) is 0 Å². The minimum absolute atomic E-state index is 0.244. The molecule has 14 heavy (non-hydrogen) atoms. The van der Waals surface area contributed by atoms with Crippen molar-refractivity contribution in [2.45, 2.75) is 19.4 Å². The summed E-state index contributed by atoms with van der Waals surface area (Å²) in [7, 11) is 0. The van der Waals surface area contributed by atoms with Crippen molar-refractivity contribution in [1.29, 1.82) is 0 Å². The summed E-state index contributed by atoms with van der Waals surface area (Å²) in [6.45, 7) is 3.22. The maximum absolute atomic E-state index is 11.4. The third-order valence-electron chi connectivity index (χ3n) is 2.30. The number of rotatable bonds is 0. The monoisotopic (exact) mass is 195 g/mol. The molecule has 1 aliphatic rings. The van der Waals surface area contributed by atoms with Gasteiger partial charge in [-0.3, -0.25) is 19.1 Å². The molecule has 1 aromatic rings. The topological polar surface area (TPSA) is 84.0 Å². The molecule has 2 N–H and O–H groups in total. The summed E-state index contributed by atoms with van der Waals surface area (Å²) >= 11 is 0. The van der Waals surface area contributed by atoms with Crippen LogP contribution in [0.2, 0.25) is 0 Å². The number of amides is 1. The molecule has 0 saturated carbocycles. The Hall–Kier alpha value is -1.85. The summed E-state index contributed by atoms with van der Waals surface area (Å²) in [4.78, 5) is 35.9. The highest BCUT2D eigenvalue weighted by molar-refractivity contribution is 5.99. The van der Waals surface area contributed by atoms with Crippen molar-refractivity contribution >= 4 is 11.7 Å². The van der Waals surface area contributed by atoms with Crippen molar-refractivity contribution in [2.75, 3.05) is 5.32 Å². The van der Waals surface area contributed by atoms with Gasteiger partial charge in [0, 0.05) is 6.07 Å². The number of H-pyrrole nitrogens is 1. The van der Waals surface area contributed by atoms with Gasteiger partial charge in [0.25, 0.3) is 11.5 Å². The quantitative estimate of drug-likeness (QED) is 0.569. The van der Waals surface area contributed by atoms with E-state index in [2.05, 4.69) is 10.3 Å². The van der Waals surface area contributed by atoms with E-state index in [1.807, 2.05) is 0 Å². The van der Waals surface area contributed by atoms with E-state index in [0.717, 1.165) is 0 Å². The summed E-state index contributed by atoms with van der Waals surface area (Å²) in [5.41, 5.74) is -2.04. The maximum Gasteiger partial charge on any atom is 0.330 e. The molecular formula is C8H9N3O3. The van der Waals surface area contributed by atoms with Crippen molar-refractivity contribution < 1.29 is 4.79 Å². The molecule has 0 radical (unpaired) electrons. The van der Waals surface area contributed by atoms with Crippen molar-refractivity contribution in [1.82, 2.24) is 9.55 Å². The van der Waals surface area contributed by atoms with Gasteiger partial charge in [-0.05, 0) is 13.8 Å². The molecule has 0 bridgehead atoms. The number of hydrogen-bond donors (Lipinski definition) is 2. The first kappa shape index (κ1) is 8.74. The molecule has 0 aromatic carbocycles. The van der Waals surface area contributed by atoms with Gasteiger partial charge < -0.3 is 5.32 Å². The number of hydrogen-bond acceptors (Lipinski definition) is 3. The van der Waals surface area contributed by atoms with Crippen LogP contribution in [0.25, 0.3) is 0 Å². The summed E-state index contributed by atoms with van der Waals surface area (Å²) in [5.74, 6) is -0.0534. The average molecular weight is 195 g/mol. The van der Waals surface area contributed by atoms with Crippen LogP contribution in [0.4, 0.5) is 5.82 Å². The molecule has 74 valence electrons. The third-order valence-corrected chi connectivity index (χ3v) is 2.30. The second-order valence-electron chi connectivity index (χ2n) is 3.67. The number of fused-ring (bicyclic) bond motifs is 1. The van der Waals surface area contributed by atoms with Crippen LogP contribution in [0, 0.1) is 0 Å². The lowest BCUT2D eigenvalue weighted by atomic mass is 10.1. The van der Waals surface area contributed by atoms with Gasteiger partial charge in [-0.25, -0.2) is 4.79 Å². The van der Waals surface area contributed by atoms with Crippen molar-refractivity contribution in [3.05, 3.63) is 26.9 Å². The Balaban J connectivity index is 2.85. The predicted molar refractivity (Wildman–Crippen MR) is 49.3 cm³/mol. The van der Waals surface area contributed by atoms with Gasteiger partial charge in [0.05, 0.1) is 0 Å². The van der Waals surface area contributed by atoms with E-state index < -0.39 is 16.8 Å². The number of nitrogens with zero attached hydrogens (tertiary/aromatic N) is 1. The molecule has 0 aliphatic carbocycles. The van der Waals surface area contributed by atoms with E-state index in [0.29, 0.717) is 0 Å². The van der Waals surface area contributed by atoms with Crippen LogP contribution < -0.4 is 16.6 Å². The molecule has 0 unspecified atom stereocenters. The molecule has 0 fully saturated rings. The van der Waals surface area contributed by atoms with Crippen LogP contribution in [0.15, 0.2) is 15.7 Å². The minimum Gasteiger partial charge on any atom is -0.310 e. The number of anilines is 1. The Morgan fingerprint density at radius 3 is 2.57 bits per heavy atom. The van der Waals surface area contributed by atoms with Gasteiger partial charge in [-0.1, -0.05) is 0 Å². The normalized spacial score (nSPS) is 17.7. The van der Waals surface area contributed by atoms with E-state index in [1.165, 1.54) is 10.6 Å². The Kier molecular flexibility index (Phi) is 1.46. The van der Waals surface area contributed by atoms with Gasteiger partial charge in [-0.15, -0.1) is 0 Å². The van der Waals surface area contributed by atoms with Crippen LogP contribution >= 0.6 is 0 Å². The lowest BCUT2D eigenvalue weighted by Gasteiger charge is -2.16. The molecule has 6 nitrogen and oxygen atoms in total. The predicted octanol–water partition coefficient (Wildman–Crippen LogP) is -0.776. The zero-order chi connectivity index (χ0) is 10.5. The van der Waals surface area contributed by atoms with Gasteiger partial charge in [0.2, 0.25) is 0 Å². The number of aromatic amines is 1. The molecule has 2 heterocycles. The van der Waals surface area contributed by atoms with Crippen LogP contribution in [-0.4, -0.2) is 15.5 Å². The lowest BCUT2D eigenvalue weighted by molar-refractivity contribution is -0.121. The summed E-state index contributed by atoms with van der Waals surface area (Å²) < 4.78 is 1.23. The standard InChI is InChI=1S/C8H9N3O3/c1-8(2)6(13)9-4-3-5(12)10-7(14)11(4)8/h3H,1-2H3,(H,9,13)(H,10,12,14). The van der Waals surface area contributed by atoms with Gasteiger partial charge >= 0.3 is 5.69 Å². The number of carbonyl (C=O) groups excluding carboxylic acids is 1. The molecule has 0 saturated heterocycles. The maximum atomic E-state index is 11.4. The number of carbonyl (C=O) groups is 1. The van der Waals surface area contributed by atoms with Crippen molar-refractivity contribution in [2.24, 2.45) is 0 Å². The number of aromatic nitrogens is 2. The first-order chi connectivity index (χ1) is 6.43.